The monoisotopic (exact) mass is 245 g/mol. The third kappa shape index (κ3) is 2.70. The van der Waals surface area contributed by atoms with Crippen LogP contribution in [-0.4, -0.2) is 18.1 Å². The van der Waals surface area contributed by atoms with Crippen LogP contribution in [0.5, 0.6) is 0 Å². The van der Waals surface area contributed by atoms with Crippen LogP contribution in [0, 0.1) is 29.6 Å². The fraction of sp³-hybridized carbons (Fsp3) is 0.385. The van der Waals surface area contributed by atoms with Crippen LogP contribution in [0.15, 0.2) is 12.3 Å². The molecule has 0 saturated heterocycles. The summed E-state index contributed by atoms with van der Waals surface area (Å²) in [5.41, 5.74) is 0.439. The number of halogens is 1. The van der Waals surface area contributed by atoms with Gasteiger partial charge in [-0.05, 0) is 24.8 Å². The summed E-state index contributed by atoms with van der Waals surface area (Å²) in [5.74, 6) is 3.92. The van der Waals surface area contributed by atoms with Crippen LogP contribution in [0.3, 0.4) is 0 Å². The van der Waals surface area contributed by atoms with Crippen LogP contribution < -0.4 is 4.90 Å². The quantitative estimate of drug-likeness (QED) is 0.765. The van der Waals surface area contributed by atoms with Crippen LogP contribution in [0.25, 0.3) is 0 Å². The summed E-state index contributed by atoms with van der Waals surface area (Å²) < 4.78 is 0. The molecule has 17 heavy (non-hydrogen) atoms. The van der Waals surface area contributed by atoms with Gasteiger partial charge < -0.3 is 4.90 Å². The molecular formula is C13H12ClN3. The molecule has 1 heterocycles. The summed E-state index contributed by atoms with van der Waals surface area (Å²) in [6.07, 6.45) is 9.41. The van der Waals surface area contributed by atoms with Gasteiger partial charge in [0.05, 0.1) is 12.1 Å². The van der Waals surface area contributed by atoms with Gasteiger partial charge in [-0.25, -0.2) is 4.98 Å². The number of aromatic nitrogens is 1. The number of nitriles is 1. The standard InChI is InChI=1S/C13H12ClN3/c1-2-7-17(9-10-3-4-10)13-12(14)11(8-15)5-6-16-13/h1,5-6,10H,3-4,7,9H2. The summed E-state index contributed by atoms with van der Waals surface area (Å²) in [6, 6.07) is 3.66. The predicted octanol–water partition coefficient (Wildman–Crippen LogP) is 2.46. The van der Waals surface area contributed by atoms with Crippen molar-refractivity contribution in [2.24, 2.45) is 5.92 Å². The summed E-state index contributed by atoms with van der Waals surface area (Å²) in [5, 5.41) is 9.32. The molecule has 1 saturated carbocycles. The lowest BCUT2D eigenvalue weighted by atomic mass is 10.2. The summed E-state index contributed by atoms with van der Waals surface area (Å²) >= 11 is 6.15. The second kappa shape index (κ2) is 5.08. The summed E-state index contributed by atoms with van der Waals surface area (Å²) in [4.78, 5) is 6.21. The van der Waals surface area contributed by atoms with Crippen molar-refractivity contribution in [3.63, 3.8) is 0 Å². The van der Waals surface area contributed by atoms with Gasteiger partial charge >= 0.3 is 0 Å². The zero-order valence-corrected chi connectivity index (χ0v) is 10.1. The van der Waals surface area contributed by atoms with E-state index < -0.39 is 0 Å². The van der Waals surface area contributed by atoms with Crippen molar-refractivity contribution in [1.29, 1.82) is 5.26 Å². The lowest BCUT2D eigenvalue weighted by Crippen LogP contribution is -2.27. The molecule has 1 aliphatic rings. The molecule has 86 valence electrons. The third-order valence-corrected chi connectivity index (χ3v) is 3.12. The molecule has 3 nitrogen and oxygen atoms in total. The van der Waals surface area contributed by atoms with E-state index in [4.69, 9.17) is 23.3 Å². The van der Waals surface area contributed by atoms with E-state index in [9.17, 15) is 0 Å². The lowest BCUT2D eigenvalue weighted by molar-refractivity contribution is 0.755. The molecule has 0 bridgehead atoms. The minimum absolute atomic E-state index is 0.394. The van der Waals surface area contributed by atoms with Crippen LogP contribution in [0.4, 0.5) is 5.82 Å². The number of anilines is 1. The second-order valence-corrected chi connectivity index (χ2v) is 4.51. The molecular weight excluding hydrogens is 234 g/mol. The predicted molar refractivity (Wildman–Crippen MR) is 67.7 cm³/mol. The molecule has 0 radical (unpaired) electrons. The first-order valence-electron chi connectivity index (χ1n) is 5.49. The summed E-state index contributed by atoms with van der Waals surface area (Å²) in [7, 11) is 0. The van der Waals surface area contributed by atoms with E-state index >= 15 is 0 Å². The van der Waals surface area contributed by atoms with Crippen LogP contribution in [-0.2, 0) is 0 Å². The maximum atomic E-state index is 8.93. The van der Waals surface area contributed by atoms with E-state index in [1.807, 2.05) is 4.90 Å². The summed E-state index contributed by atoms with van der Waals surface area (Å²) in [6.45, 7) is 1.34. The second-order valence-electron chi connectivity index (χ2n) is 4.14. The number of hydrogen-bond acceptors (Lipinski definition) is 3. The highest BCUT2D eigenvalue weighted by molar-refractivity contribution is 6.34. The Kier molecular flexibility index (Phi) is 3.52. The molecule has 0 aliphatic heterocycles. The maximum absolute atomic E-state index is 8.93. The number of terminal acetylenes is 1. The first-order chi connectivity index (χ1) is 8.26. The van der Waals surface area contributed by atoms with E-state index in [-0.39, 0.29) is 0 Å². The van der Waals surface area contributed by atoms with Gasteiger partial charge in [0.1, 0.15) is 16.9 Å². The van der Waals surface area contributed by atoms with Gasteiger partial charge in [0.2, 0.25) is 0 Å². The highest BCUT2D eigenvalue weighted by Gasteiger charge is 2.26. The van der Waals surface area contributed by atoms with Gasteiger partial charge in [0.25, 0.3) is 0 Å². The van der Waals surface area contributed by atoms with Gasteiger partial charge in [-0.1, -0.05) is 17.5 Å². The minimum atomic E-state index is 0.394. The van der Waals surface area contributed by atoms with Crippen LogP contribution in [0.1, 0.15) is 18.4 Å². The minimum Gasteiger partial charge on any atom is -0.344 e. The Morgan fingerprint density at radius 3 is 2.94 bits per heavy atom. The number of nitrogens with zero attached hydrogens (tertiary/aromatic N) is 3. The molecule has 1 aromatic rings. The smallest absolute Gasteiger partial charge is 0.149 e. The molecule has 0 atom stereocenters. The topological polar surface area (TPSA) is 39.9 Å². The largest absolute Gasteiger partial charge is 0.344 e. The van der Waals surface area contributed by atoms with Crippen molar-refractivity contribution in [1.82, 2.24) is 4.98 Å². The molecule has 1 aliphatic carbocycles. The van der Waals surface area contributed by atoms with Gasteiger partial charge in [-0.2, -0.15) is 5.26 Å². The van der Waals surface area contributed by atoms with E-state index in [0.717, 1.165) is 6.54 Å². The Balaban J connectivity index is 2.28. The van der Waals surface area contributed by atoms with Crippen LogP contribution >= 0.6 is 11.6 Å². The number of hydrogen-bond donors (Lipinski definition) is 0. The van der Waals surface area contributed by atoms with Gasteiger partial charge in [-0.3, -0.25) is 0 Å². The van der Waals surface area contributed by atoms with E-state index in [1.54, 1.807) is 12.3 Å². The average molecular weight is 246 g/mol. The molecule has 0 N–H and O–H groups in total. The molecule has 2 rings (SSSR count). The Morgan fingerprint density at radius 1 is 1.59 bits per heavy atom. The van der Waals surface area contributed by atoms with Gasteiger partial charge in [0, 0.05) is 12.7 Å². The fourth-order valence-electron chi connectivity index (χ4n) is 1.69. The van der Waals surface area contributed by atoms with Crippen molar-refractivity contribution in [3.05, 3.63) is 22.8 Å². The fourth-order valence-corrected chi connectivity index (χ4v) is 1.96. The highest BCUT2D eigenvalue weighted by atomic mass is 35.5. The molecule has 0 amide bonds. The van der Waals surface area contributed by atoms with E-state index in [0.29, 0.717) is 28.9 Å². The van der Waals surface area contributed by atoms with Crippen molar-refractivity contribution >= 4 is 17.4 Å². The third-order valence-electron chi connectivity index (χ3n) is 2.75. The Labute approximate surface area is 106 Å². The number of rotatable bonds is 4. The number of pyridine rings is 1. The van der Waals surface area contributed by atoms with E-state index in [2.05, 4.69) is 17.0 Å². The molecule has 0 unspecified atom stereocenters. The van der Waals surface area contributed by atoms with E-state index in [1.165, 1.54) is 12.8 Å². The molecule has 1 fully saturated rings. The van der Waals surface area contributed by atoms with Gasteiger partial charge in [-0.15, -0.1) is 6.42 Å². The molecule has 0 aromatic carbocycles. The highest BCUT2D eigenvalue weighted by Crippen LogP contribution is 2.33. The van der Waals surface area contributed by atoms with Crippen LogP contribution in [0.2, 0.25) is 5.02 Å². The average Bonchev–Trinajstić information content (AvgIpc) is 3.13. The first kappa shape index (κ1) is 11.8. The Morgan fingerprint density at radius 2 is 2.35 bits per heavy atom. The van der Waals surface area contributed by atoms with Gasteiger partial charge in [0.15, 0.2) is 0 Å². The Hall–Kier alpha value is -1.71. The zero-order valence-electron chi connectivity index (χ0n) is 9.36. The zero-order chi connectivity index (χ0) is 12.3. The van der Waals surface area contributed by atoms with Crippen molar-refractivity contribution in [3.8, 4) is 18.4 Å². The Bertz CT molecular complexity index is 494. The SMILES string of the molecule is C#CCN(CC1CC1)c1nccc(C#N)c1Cl. The normalized spacial score (nSPS) is 13.8. The molecule has 0 spiro atoms. The molecule has 1 aromatic heterocycles. The maximum Gasteiger partial charge on any atom is 0.149 e. The lowest BCUT2D eigenvalue weighted by Gasteiger charge is -2.22. The van der Waals surface area contributed by atoms with Crippen molar-refractivity contribution in [2.45, 2.75) is 12.8 Å². The van der Waals surface area contributed by atoms with Crippen molar-refractivity contribution < 1.29 is 0 Å². The molecule has 4 heteroatoms. The first-order valence-corrected chi connectivity index (χ1v) is 5.87. The van der Waals surface area contributed by atoms with Crippen molar-refractivity contribution in [2.75, 3.05) is 18.0 Å².